The Balaban J connectivity index is 0.000000810. The molecule has 0 aromatic rings. The normalized spacial score (nSPS) is 34.2. The summed E-state index contributed by atoms with van der Waals surface area (Å²) < 4.78 is 0. The van der Waals surface area contributed by atoms with Crippen LogP contribution < -0.4 is 5.32 Å². The molecule has 3 heteroatoms. The summed E-state index contributed by atoms with van der Waals surface area (Å²) in [7, 11) is 0. The molecule has 0 aromatic heterocycles. The molecule has 1 aliphatic heterocycles. The van der Waals surface area contributed by atoms with E-state index in [-0.39, 0.29) is 12.4 Å². The Bertz CT molecular complexity index is 85.6. The van der Waals surface area contributed by atoms with Gasteiger partial charge in [-0.15, -0.1) is 12.4 Å². The van der Waals surface area contributed by atoms with E-state index < -0.39 is 5.60 Å². The van der Waals surface area contributed by atoms with Crippen LogP contribution in [-0.2, 0) is 0 Å². The van der Waals surface area contributed by atoms with Gasteiger partial charge in [0.15, 0.2) is 0 Å². The third kappa shape index (κ3) is 3.40. The average molecular weight is 166 g/mol. The quantitative estimate of drug-likeness (QED) is 0.560. The van der Waals surface area contributed by atoms with Crippen LogP contribution in [0.4, 0.5) is 0 Å². The minimum atomic E-state index is -0.448. The Morgan fingerprint density at radius 1 is 1.40 bits per heavy atom. The highest BCUT2D eigenvalue weighted by Crippen LogP contribution is 2.14. The van der Waals surface area contributed by atoms with Crippen molar-refractivity contribution in [2.75, 3.05) is 13.1 Å². The van der Waals surface area contributed by atoms with E-state index in [1.54, 1.807) is 0 Å². The fourth-order valence-electron chi connectivity index (χ4n) is 1.20. The molecular formula is C7H16ClNO. The molecule has 0 aliphatic carbocycles. The number of nitrogens with one attached hydrogen (secondary N) is 1. The molecule has 0 bridgehead atoms. The van der Waals surface area contributed by atoms with Crippen molar-refractivity contribution in [2.45, 2.75) is 31.8 Å². The third-order valence-corrected chi connectivity index (χ3v) is 1.82. The summed E-state index contributed by atoms with van der Waals surface area (Å²) in [5, 5.41) is 12.7. The van der Waals surface area contributed by atoms with Crippen molar-refractivity contribution < 1.29 is 5.11 Å². The van der Waals surface area contributed by atoms with Crippen LogP contribution in [0.3, 0.4) is 0 Å². The molecule has 0 aromatic carbocycles. The first-order chi connectivity index (χ1) is 4.21. The van der Waals surface area contributed by atoms with Crippen molar-refractivity contribution in [1.82, 2.24) is 5.32 Å². The van der Waals surface area contributed by atoms with Crippen LogP contribution in [0, 0.1) is 0 Å². The maximum atomic E-state index is 9.49. The predicted octanol–water partition coefficient (Wildman–Crippen LogP) is 0.933. The Morgan fingerprint density at radius 2 is 2.10 bits per heavy atom. The summed E-state index contributed by atoms with van der Waals surface area (Å²) in [6.45, 7) is 3.72. The van der Waals surface area contributed by atoms with Gasteiger partial charge in [0.25, 0.3) is 0 Å². The lowest BCUT2D eigenvalue weighted by Gasteiger charge is -2.19. The van der Waals surface area contributed by atoms with E-state index >= 15 is 0 Å². The molecule has 1 aliphatic rings. The smallest absolute Gasteiger partial charge is 0.0743 e. The summed E-state index contributed by atoms with van der Waals surface area (Å²) in [6.07, 6.45) is 3.30. The molecule has 2 nitrogen and oxygen atoms in total. The van der Waals surface area contributed by atoms with E-state index in [9.17, 15) is 5.11 Å². The molecule has 0 saturated carbocycles. The fourth-order valence-corrected chi connectivity index (χ4v) is 1.20. The van der Waals surface area contributed by atoms with Gasteiger partial charge in [0.05, 0.1) is 5.60 Å². The molecule has 0 spiro atoms. The highest BCUT2D eigenvalue weighted by molar-refractivity contribution is 5.85. The molecule has 10 heavy (non-hydrogen) atoms. The summed E-state index contributed by atoms with van der Waals surface area (Å²) in [4.78, 5) is 0. The van der Waals surface area contributed by atoms with Crippen molar-refractivity contribution in [3.05, 3.63) is 0 Å². The van der Waals surface area contributed by atoms with E-state index in [4.69, 9.17) is 0 Å². The number of aliphatic hydroxyl groups is 1. The Morgan fingerprint density at radius 3 is 2.80 bits per heavy atom. The van der Waals surface area contributed by atoms with Crippen LogP contribution in [0.25, 0.3) is 0 Å². The first kappa shape index (κ1) is 10.2. The zero-order chi connectivity index (χ0) is 6.74. The van der Waals surface area contributed by atoms with Crippen molar-refractivity contribution in [1.29, 1.82) is 0 Å². The van der Waals surface area contributed by atoms with E-state index in [1.807, 2.05) is 6.92 Å². The second kappa shape index (κ2) is 4.16. The maximum absolute atomic E-state index is 9.49. The van der Waals surface area contributed by atoms with Crippen LogP contribution in [0.5, 0.6) is 0 Å². The summed E-state index contributed by atoms with van der Waals surface area (Å²) in [6, 6.07) is 0. The highest BCUT2D eigenvalue weighted by Gasteiger charge is 2.20. The van der Waals surface area contributed by atoms with Crippen molar-refractivity contribution >= 4 is 12.4 Å². The van der Waals surface area contributed by atoms with Gasteiger partial charge in [-0.05, 0) is 32.7 Å². The number of halogens is 1. The first-order valence-electron chi connectivity index (χ1n) is 3.64. The van der Waals surface area contributed by atoms with Gasteiger partial charge < -0.3 is 10.4 Å². The van der Waals surface area contributed by atoms with Gasteiger partial charge in [-0.3, -0.25) is 0 Å². The number of β-amino-alcohol motifs (C(OH)–C–C–N with tert-alkyl or cyclic N) is 1. The van der Waals surface area contributed by atoms with Gasteiger partial charge >= 0.3 is 0 Å². The van der Waals surface area contributed by atoms with Crippen LogP contribution in [0.2, 0.25) is 0 Å². The fraction of sp³-hybridized carbons (Fsp3) is 1.00. The van der Waals surface area contributed by atoms with Gasteiger partial charge in [0, 0.05) is 6.54 Å². The van der Waals surface area contributed by atoms with Crippen LogP contribution in [-0.4, -0.2) is 23.8 Å². The van der Waals surface area contributed by atoms with Crippen LogP contribution >= 0.6 is 12.4 Å². The van der Waals surface area contributed by atoms with E-state index in [0.717, 1.165) is 25.9 Å². The predicted molar refractivity (Wildman–Crippen MR) is 44.6 cm³/mol. The molecule has 0 amide bonds. The largest absolute Gasteiger partial charge is 0.389 e. The molecule has 1 atom stereocenters. The van der Waals surface area contributed by atoms with Gasteiger partial charge in [-0.1, -0.05) is 0 Å². The SMILES string of the molecule is C[C@]1(O)CCCCNC1.Cl. The van der Waals surface area contributed by atoms with Crippen LogP contribution in [0.1, 0.15) is 26.2 Å². The minimum Gasteiger partial charge on any atom is -0.389 e. The summed E-state index contributed by atoms with van der Waals surface area (Å²) in [5.41, 5.74) is -0.448. The maximum Gasteiger partial charge on any atom is 0.0743 e. The molecule has 2 N–H and O–H groups in total. The lowest BCUT2D eigenvalue weighted by atomic mass is 10.0. The van der Waals surface area contributed by atoms with Crippen molar-refractivity contribution in [2.24, 2.45) is 0 Å². The monoisotopic (exact) mass is 165 g/mol. The van der Waals surface area contributed by atoms with E-state index in [2.05, 4.69) is 5.32 Å². The minimum absolute atomic E-state index is 0. The highest BCUT2D eigenvalue weighted by atomic mass is 35.5. The summed E-state index contributed by atoms with van der Waals surface area (Å²) >= 11 is 0. The van der Waals surface area contributed by atoms with Gasteiger partial charge in [-0.25, -0.2) is 0 Å². The van der Waals surface area contributed by atoms with Gasteiger partial charge in [-0.2, -0.15) is 0 Å². The van der Waals surface area contributed by atoms with Crippen molar-refractivity contribution in [3.8, 4) is 0 Å². The number of rotatable bonds is 0. The molecule has 0 unspecified atom stereocenters. The zero-order valence-electron chi connectivity index (χ0n) is 6.39. The first-order valence-corrected chi connectivity index (χ1v) is 3.64. The molecule has 1 rings (SSSR count). The average Bonchev–Trinajstić information content (AvgIpc) is 1.92. The molecule has 0 radical (unpaired) electrons. The molecule has 62 valence electrons. The van der Waals surface area contributed by atoms with E-state index in [0.29, 0.717) is 0 Å². The number of hydrogen-bond acceptors (Lipinski definition) is 2. The molecule has 1 heterocycles. The molecule has 1 fully saturated rings. The Hall–Kier alpha value is 0.210. The Kier molecular flexibility index (Phi) is 4.25. The van der Waals surface area contributed by atoms with E-state index in [1.165, 1.54) is 6.42 Å². The standard InChI is InChI=1S/C7H15NO.ClH/c1-7(9)4-2-3-5-8-6-7;/h8-9H,2-6H2,1H3;1H/t7-;/m0./s1. The van der Waals surface area contributed by atoms with Gasteiger partial charge in [0.1, 0.15) is 0 Å². The second-order valence-corrected chi connectivity index (χ2v) is 3.13. The number of hydrogen-bond donors (Lipinski definition) is 2. The lowest BCUT2D eigenvalue weighted by Crippen LogP contribution is -2.35. The zero-order valence-corrected chi connectivity index (χ0v) is 7.21. The van der Waals surface area contributed by atoms with Crippen LogP contribution in [0.15, 0.2) is 0 Å². The lowest BCUT2D eigenvalue weighted by molar-refractivity contribution is 0.0560. The molecular weight excluding hydrogens is 150 g/mol. The third-order valence-electron chi connectivity index (χ3n) is 1.82. The second-order valence-electron chi connectivity index (χ2n) is 3.13. The topological polar surface area (TPSA) is 32.3 Å². The molecule has 1 saturated heterocycles. The summed E-state index contributed by atoms with van der Waals surface area (Å²) in [5.74, 6) is 0. The van der Waals surface area contributed by atoms with Gasteiger partial charge in [0.2, 0.25) is 0 Å². The van der Waals surface area contributed by atoms with Crippen molar-refractivity contribution in [3.63, 3.8) is 0 Å². The Labute approximate surface area is 68.4 Å².